The molecule has 0 spiro atoms. The molecule has 0 saturated heterocycles. The topological polar surface area (TPSA) is 12.0 Å². The van der Waals surface area contributed by atoms with E-state index in [0.29, 0.717) is 5.54 Å². The Hall–Kier alpha value is -0.0400. The molecular formula is C17H37N. The van der Waals surface area contributed by atoms with Crippen LogP contribution in [0.4, 0.5) is 0 Å². The van der Waals surface area contributed by atoms with Crippen molar-refractivity contribution in [1.82, 2.24) is 5.32 Å². The first-order valence-corrected chi connectivity index (χ1v) is 8.37. The first-order valence-electron chi connectivity index (χ1n) is 8.37. The predicted octanol–water partition coefficient (Wildman–Crippen LogP) is 5.69. The second-order valence-electron chi connectivity index (χ2n) is 6.14. The van der Waals surface area contributed by atoms with Crippen LogP contribution in [0.15, 0.2) is 0 Å². The molecular weight excluding hydrogens is 218 g/mol. The van der Waals surface area contributed by atoms with E-state index in [1.54, 1.807) is 0 Å². The number of nitrogens with one attached hydrogen (secondary N) is 1. The molecule has 0 rings (SSSR count). The van der Waals surface area contributed by atoms with E-state index >= 15 is 0 Å². The first kappa shape index (κ1) is 18.0. The van der Waals surface area contributed by atoms with E-state index in [4.69, 9.17) is 0 Å². The summed E-state index contributed by atoms with van der Waals surface area (Å²) in [6.45, 7) is 6.95. The van der Waals surface area contributed by atoms with E-state index in [9.17, 15) is 0 Å². The lowest BCUT2D eigenvalue weighted by Gasteiger charge is -2.29. The maximum atomic E-state index is 3.50. The van der Waals surface area contributed by atoms with Gasteiger partial charge in [0.1, 0.15) is 0 Å². The number of unbranched alkanes of at least 4 members (excludes halogenated alkanes) is 8. The zero-order chi connectivity index (χ0) is 13.7. The van der Waals surface area contributed by atoms with Crippen LogP contribution in [0, 0.1) is 0 Å². The fourth-order valence-corrected chi connectivity index (χ4v) is 2.75. The van der Waals surface area contributed by atoms with Gasteiger partial charge in [0, 0.05) is 5.54 Å². The van der Waals surface area contributed by atoms with Gasteiger partial charge < -0.3 is 5.32 Å². The molecule has 1 N–H and O–H groups in total. The summed E-state index contributed by atoms with van der Waals surface area (Å²) in [5.74, 6) is 0. The van der Waals surface area contributed by atoms with Crippen molar-refractivity contribution >= 4 is 0 Å². The minimum absolute atomic E-state index is 0.385. The van der Waals surface area contributed by atoms with E-state index in [2.05, 4.69) is 33.1 Å². The molecule has 0 fully saturated rings. The standard InChI is InChI=1S/C17H37N/c1-5-7-8-9-10-11-12-13-14-16-17(3,18-4)15-6-2/h18H,5-16H2,1-4H3. The molecule has 0 aromatic carbocycles. The van der Waals surface area contributed by atoms with Crippen molar-refractivity contribution < 1.29 is 0 Å². The van der Waals surface area contributed by atoms with Crippen molar-refractivity contribution in [3.8, 4) is 0 Å². The SMILES string of the molecule is CCCCCCCCCCCC(C)(CCC)NC. The van der Waals surface area contributed by atoms with E-state index in [1.165, 1.54) is 77.0 Å². The van der Waals surface area contributed by atoms with Crippen molar-refractivity contribution in [2.45, 2.75) is 103 Å². The summed E-state index contributed by atoms with van der Waals surface area (Å²) in [6.07, 6.45) is 16.8. The summed E-state index contributed by atoms with van der Waals surface area (Å²) >= 11 is 0. The molecule has 0 saturated carbocycles. The van der Waals surface area contributed by atoms with Crippen LogP contribution in [0.3, 0.4) is 0 Å². The Morgan fingerprint density at radius 1 is 0.667 bits per heavy atom. The molecule has 0 aromatic rings. The predicted molar refractivity (Wildman–Crippen MR) is 84.2 cm³/mol. The lowest BCUT2D eigenvalue weighted by molar-refractivity contribution is 0.315. The van der Waals surface area contributed by atoms with Crippen molar-refractivity contribution in [1.29, 1.82) is 0 Å². The summed E-state index contributed by atoms with van der Waals surface area (Å²) in [7, 11) is 2.11. The van der Waals surface area contributed by atoms with Gasteiger partial charge in [-0.25, -0.2) is 0 Å². The van der Waals surface area contributed by atoms with Crippen LogP contribution in [0.25, 0.3) is 0 Å². The molecule has 1 heteroatoms. The lowest BCUT2D eigenvalue weighted by atomic mass is 9.89. The Morgan fingerprint density at radius 2 is 1.17 bits per heavy atom. The third-order valence-electron chi connectivity index (χ3n) is 4.24. The van der Waals surface area contributed by atoms with Crippen LogP contribution in [-0.4, -0.2) is 12.6 Å². The molecule has 110 valence electrons. The normalized spacial score (nSPS) is 14.7. The Kier molecular flexibility index (Phi) is 12.0. The van der Waals surface area contributed by atoms with Crippen molar-refractivity contribution in [3.63, 3.8) is 0 Å². The first-order chi connectivity index (χ1) is 8.68. The number of hydrogen-bond acceptors (Lipinski definition) is 1. The molecule has 0 aromatic heterocycles. The maximum Gasteiger partial charge on any atom is 0.0150 e. The highest BCUT2D eigenvalue weighted by Crippen LogP contribution is 2.20. The van der Waals surface area contributed by atoms with Gasteiger partial charge >= 0.3 is 0 Å². The smallest absolute Gasteiger partial charge is 0.0150 e. The lowest BCUT2D eigenvalue weighted by Crippen LogP contribution is -2.39. The highest BCUT2D eigenvalue weighted by Gasteiger charge is 2.19. The Balaban J connectivity index is 3.33. The van der Waals surface area contributed by atoms with Crippen LogP contribution < -0.4 is 5.32 Å². The van der Waals surface area contributed by atoms with Crippen LogP contribution in [0.1, 0.15) is 97.8 Å². The molecule has 0 bridgehead atoms. The third-order valence-corrected chi connectivity index (χ3v) is 4.24. The quantitative estimate of drug-likeness (QED) is 0.417. The second-order valence-corrected chi connectivity index (χ2v) is 6.14. The van der Waals surface area contributed by atoms with Gasteiger partial charge in [0.2, 0.25) is 0 Å². The van der Waals surface area contributed by atoms with Gasteiger partial charge in [-0.1, -0.05) is 78.1 Å². The fourth-order valence-electron chi connectivity index (χ4n) is 2.75. The summed E-state index contributed by atoms with van der Waals surface area (Å²) in [6, 6.07) is 0. The van der Waals surface area contributed by atoms with Gasteiger partial charge in [-0.05, 0) is 26.8 Å². The van der Waals surface area contributed by atoms with E-state index < -0.39 is 0 Å². The van der Waals surface area contributed by atoms with Gasteiger partial charge in [-0.3, -0.25) is 0 Å². The Bertz CT molecular complexity index is 167. The number of rotatable bonds is 13. The molecule has 0 aliphatic carbocycles. The molecule has 0 heterocycles. The molecule has 18 heavy (non-hydrogen) atoms. The van der Waals surface area contributed by atoms with Gasteiger partial charge in [-0.2, -0.15) is 0 Å². The van der Waals surface area contributed by atoms with Gasteiger partial charge in [-0.15, -0.1) is 0 Å². The van der Waals surface area contributed by atoms with Crippen LogP contribution in [0.2, 0.25) is 0 Å². The molecule has 0 aliphatic rings. The molecule has 0 amide bonds. The minimum atomic E-state index is 0.385. The van der Waals surface area contributed by atoms with Crippen LogP contribution in [0.5, 0.6) is 0 Å². The second kappa shape index (κ2) is 12.0. The summed E-state index contributed by atoms with van der Waals surface area (Å²) in [5, 5.41) is 3.50. The molecule has 0 radical (unpaired) electrons. The highest BCUT2D eigenvalue weighted by atomic mass is 14.9. The Morgan fingerprint density at radius 3 is 1.61 bits per heavy atom. The van der Waals surface area contributed by atoms with Crippen molar-refractivity contribution in [3.05, 3.63) is 0 Å². The van der Waals surface area contributed by atoms with Crippen molar-refractivity contribution in [2.24, 2.45) is 0 Å². The number of hydrogen-bond donors (Lipinski definition) is 1. The third kappa shape index (κ3) is 9.94. The van der Waals surface area contributed by atoms with Crippen LogP contribution in [-0.2, 0) is 0 Å². The Labute approximate surface area is 116 Å². The monoisotopic (exact) mass is 255 g/mol. The highest BCUT2D eigenvalue weighted by molar-refractivity contribution is 4.80. The minimum Gasteiger partial charge on any atom is -0.315 e. The van der Waals surface area contributed by atoms with Gasteiger partial charge in [0.15, 0.2) is 0 Å². The van der Waals surface area contributed by atoms with Crippen molar-refractivity contribution in [2.75, 3.05) is 7.05 Å². The largest absolute Gasteiger partial charge is 0.315 e. The maximum absolute atomic E-state index is 3.50. The zero-order valence-corrected chi connectivity index (χ0v) is 13.5. The van der Waals surface area contributed by atoms with Crippen LogP contribution >= 0.6 is 0 Å². The molecule has 1 nitrogen and oxygen atoms in total. The zero-order valence-electron chi connectivity index (χ0n) is 13.5. The summed E-state index contributed by atoms with van der Waals surface area (Å²) < 4.78 is 0. The van der Waals surface area contributed by atoms with E-state index in [-0.39, 0.29) is 0 Å². The molecule has 1 unspecified atom stereocenters. The average molecular weight is 255 g/mol. The van der Waals surface area contributed by atoms with Gasteiger partial charge in [0.05, 0.1) is 0 Å². The average Bonchev–Trinajstić information content (AvgIpc) is 2.37. The van der Waals surface area contributed by atoms with E-state index in [0.717, 1.165) is 0 Å². The summed E-state index contributed by atoms with van der Waals surface area (Å²) in [5.41, 5.74) is 0.385. The van der Waals surface area contributed by atoms with E-state index in [1.807, 2.05) is 0 Å². The fraction of sp³-hybridized carbons (Fsp3) is 1.00. The molecule has 1 atom stereocenters. The van der Waals surface area contributed by atoms with Gasteiger partial charge in [0.25, 0.3) is 0 Å². The molecule has 0 aliphatic heterocycles. The summed E-state index contributed by atoms with van der Waals surface area (Å²) in [4.78, 5) is 0.